The highest BCUT2D eigenvalue weighted by Crippen LogP contribution is 2.38. The lowest BCUT2D eigenvalue weighted by atomic mass is 10.0. The molecule has 1 aliphatic rings. The summed E-state index contributed by atoms with van der Waals surface area (Å²) in [5.41, 5.74) is 0.730. The maximum absolute atomic E-state index is 13.5. The number of carbonyl (C=O) groups excluding carboxylic acids is 2. The largest absolute Gasteiger partial charge is 0.478 e. The highest BCUT2D eigenvalue weighted by molar-refractivity contribution is 6.00. The molecule has 0 spiro atoms. The van der Waals surface area contributed by atoms with Gasteiger partial charge in [-0.05, 0) is 41.5 Å². The van der Waals surface area contributed by atoms with E-state index in [1.807, 2.05) is 0 Å². The summed E-state index contributed by atoms with van der Waals surface area (Å²) < 4.78 is 51.1. The number of ether oxygens (including phenoxy) is 2. The molecule has 3 aromatic rings. The lowest BCUT2D eigenvalue weighted by molar-refractivity contribution is -0.138. The number of halogens is 3. The van der Waals surface area contributed by atoms with Crippen LogP contribution in [-0.2, 0) is 28.7 Å². The third kappa shape index (κ3) is 4.69. The zero-order chi connectivity index (χ0) is 23.6. The van der Waals surface area contributed by atoms with Gasteiger partial charge in [-0.3, -0.25) is 4.79 Å². The van der Waals surface area contributed by atoms with Crippen molar-refractivity contribution in [1.82, 2.24) is 0 Å². The number of rotatable bonds is 5. The van der Waals surface area contributed by atoms with Gasteiger partial charge in [0, 0.05) is 6.42 Å². The van der Waals surface area contributed by atoms with Gasteiger partial charge in [-0.15, -0.1) is 0 Å². The molecule has 8 heteroatoms. The lowest BCUT2D eigenvalue weighted by Gasteiger charge is -2.35. The Kier molecular flexibility index (Phi) is 6.09. The average Bonchev–Trinajstić information content (AvgIpc) is 2.81. The molecule has 0 aliphatic carbocycles. The first kappa shape index (κ1) is 22.4. The number of methoxy groups -OCH3 is 1. The minimum atomic E-state index is -4.54. The third-order valence-electron chi connectivity index (χ3n) is 5.41. The number of carbonyl (C=O) groups is 2. The van der Waals surface area contributed by atoms with Crippen LogP contribution in [0.3, 0.4) is 0 Å². The topological polar surface area (TPSA) is 55.8 Å². The number of benzene rings is 3. The molecular formula is C25H20F3NO4. The summed E-state index contributed by atoms with van der Waals surface area (Å²) in [7, 11) is 1.29. The number of hydrogen-bond acceptors (Lipinski definition) is 4. The quantitative estimate of drug-likeness (QED) is 0.507. The molecular weight excluding hydrogens is 435 g/mol. The second-order valence-corrected chi connectivity index (χ2v) is 7.55. The van der Waals surface area contributed by atoms with E-state index < -0.39 is 29.7 Å². The molecule has 33 heavy (non-hydrogen) atoms. The molecule has 0 bridgehead atoms. The van der Waals surface area contributed by atoms with Gasteiger partial charge in [-0.2, -0.15) is 13.2 Å². The average molecular weight is 455 g/mol. The first-order chi connectivity index (χ1) is 15.8. The van der Waals surface area contributed by atoms with Gasteiger partial charge < -0.3 is 14.4 Å². The van der Waals surface area contributed by atoms with Crippen molar-refractivity contribution in [2.45, 2.75) is 25.2 Å². The van der Waals surface area contributed by atoms with Crippen LogP contribution >= 0.6 is 0 Å². The highest BCUT2D eigenvalue weighted by Gasteiger charge is 2.37. The molecule has 0 aromatic heterocycles. The molecule has 1 aliphatic heterocycles. The van der Waals surface area contributed by atoms with Gasteiger partial charge in [0.1, 0.15) is 5.75 Å². The third-order valence-corrected chi connectivity index (χ3v) is 5.41. The summed E-state index contributed by atoms with van der Waals surface area (Å²) in [5.74, 6) is -0.504. The van der Waals surface area contributed by atoms with E-state index in [0.29, 0.717) is 17.0 Å². The molecule has 170 valence electrons. The number of alkyl halides is 3. The van der Waals surface area contributed by atoms with Crippen molar-refractivity contribution >= 4 is 17.6 Å². The molecule has 1 atom stereocenters. The van der Waals surface area contributed by atoms with E-state index in [9.17, 15) is 22.8 Å². The number of hydrogen-bond donors (Lipinski definition) is 0. The summed E-state index contributed by atoms with van der Waals surface area (Å²) in [5, 5.41) is 0. The number of amides is 1. The fraction of sp³-hybridized carbons (Fsp3) is 0.200. The first-order valence-corrected chi connectivity index (χ1v) is 10.2. The van der Waals surface area contributed by atoms with Crippen molar-refractivity contribution in [1.29, 1.82) is 0 Å². The van der Waals surface area contributed by atoms with Crippen molar-refractivity contribution in [3.63, 3.8) is 0 Å². The summed E-state index contributed by atoms with van der Waals surface area (Å²) >= 11 is 0. The normalized spacial score (nSPS) is 15.6. The Morgan fingerprint density at radius 2 is 1.67 bits per heavy atom. The van der Waals surface area contributed by atoms with Crippen LogP contribution in [0.25, 0.3) is 0 Å². The molecule has 1 amide bonds. The number of fused-ring (bicyclic) bond motifs is 1. The van der Waals surface area contributed by atoms with Gasteiger partial charge in [0.05, 0.1) is 30.5 Å². The zero-order valence-corrected chi connectivity index (χ0v) is 17.6. The number of para-hydroxylation sites is 2. The van der Waals surface area contributed by atoms with Crippen molar-refractivity contribution in [3.8, 4) is 5.75 Å². The standard InChI is InChI=1S/C25H20F3NO4/c1-32-24(31)17-12-10-16(11-13-17)14-22-23(30)29(20-8-4-5-9-21(20)33-22)15-18-6-2-3-7-19(18)25(26,27)28/h2-13,22H,14-15H2,1H3. The van der Waals surface area contributed by atoms with Gasteiger partial charge in [0.25, 0.3) is 5.91 Å². The van der Waals surface area contributed by atoms with Crippen LogP contribution in [0.5, 0.6) is 5.75 Å². The highest BCUT2D eigenvalue weighted by atomic mass is 19.4. The zero-order valence-electron chi connectivity index (χ0n) is 17.6. The fourth-order valence-electron chi connectivity index (χ4n) is 3.78. The van der Waals surface area contributed by atoms with Crippen LogP contribution in [-0.4, -0.2) is 25.1 Å². The van der Waals surface area contributed by atoms with E-state index in [1.165, 1.54) is 30.2 Å². The maximum atomic E-state index is 13.5. The first-order valence-electron chi connectivity index (χ1n) is 10.2. The van der Waals surface area contributed by atoms with Gasteiger partial charge in [-0.25, -0.2) is 4.79 Å². The Morgan fingerprint density at radius 3 is 2.36 bits per heavy atom. The molecule has 0 saturated carbocycles. The second-order valence-electron chi connectivity index (χ2n) is 7.55. The van der Waals surface area contributed by atoms with E-state index in [4.69, 9.17) is 4.74 Å². The maximum Gasteiger partial charge on any atom is 0.416 e. The molecule has 3 aromatic carbocycles. The molecule has 0 N–H and O–H groups in total. The molecule has 5 nitrogen and oxygen atoms in total. The van der Waals surface area contributed by atoms with E-state index in [-0.39, 0.29) is 18.5 Å². The predicted octanol–water partition coefficient (Wildman–Crippen LogP) is 5.03. The Labute approximate surface area is 188 Å². The molecule has 1 unspecified atom stereocenters. The van der Waals surface area contributed by atoms with Crippen molar-refractivity contribution in [2.75, 3.05) is 12.0 Å². The summed E-state index contributed by atoms with van der Waals surface area (Å²) in [4.78, 5) is 26.3. The predicted molar refractivity (Wildman–Crippen MR) is 115 cm³/mol. The monoisotopic (exact) mass is 455 g/mol. The minimum absolute atomic E-state index is 0.00349. The van der Waals surface area contributed by atoms with Crippen molar-refractivity contribution in [2.24, 2.45) is 0 Å². The van der Waals surface area contributed by atoms with Crippen LogP contribution in [0.4, 0.5) is 18.9 Å². The van der Waals surface area contributed by atoms with Gasteiger partial charge in [0.15, 0.2) is 6.10 Å². The molecule has 0 saturated heterocycles. The minimum Gasteiger partial charge on any atom is -0.478 e. The molecule has 4 rings (SSSR count). The van der Waals surface area contributed by atoms with Crippen LogP contribution in [0.1, 0.15) is 27.0 Å². The van der Waals surface area contributed by atoms with Gasteiger partial charge in [-0.1, -0.05) is 42.5 Å². The summed E-state index contributed by atoms with van der Waals surface area (Å²) in [6.45, 7) is -0.243. The SMILES string of the molecule is COC(=O)c1ccc(CC2Oc3ccccc3N(Cc3ccccc3C(F)(F)F)C2=O)cc1. The van der Waals surface area contributed by atoms with E-state index in [2.05, 4.69) is 4.74 Å². The fourth-order valence-corrected chi connectivity index (χ4v) is 3.78. The number of anilines is 1. The Balaban J connectivity index is 1.63. The Hall–Kier alpha value is -3.81. The second kappa shape index (κ2) is 8.97. The number of esters is 1. The molecule has 1 heterocycles. The lowest BCUT2D eigenvalue weighted by Crippen LogP contribution is -2.46. The van der Waals surface area contributed by atoms with E-state index in [0.717, 1.165) is 11.6 Å². The number of nitrogens with zero attached hydrogens (tertiary/aromatic N) is 1. The van der Waals surface area contributed by atoms with Crippen LogP contribution in [0, 0.1) is 0 Å². The molecule has 0 fully saturated rings. The van der Waals surface area contributed by atoms with Gasteiger partial charge in [0.2, 0.25) is 0 Å². The Morgan fingerprint density at radius 1 is 1.00 bits per heavy atom. The van der Waals surface area contributed by atoms with Crippen LogP contribution < -0.4 is 9.64 Å². The van der Waals surface area contributed by atoms with Crippen LogP contribution in [0.2, 0.25) is 0 Å². The summed E-state index contributed by atoms with van der Waals surface area (Å²) in [6, 6.07) is 18.5. The van der Waals surface area contributed by atoms with Crippen molar-refractivity contribution < 1.29 is 32.2 Å². The van der Waals surface area contributed by atoms with E-state index >= 15 is 0 Å². The Bertz CT molecular complexity index is 1170. The van der Waals surface area contributed by atoms with E-state index in [1.54, 1.807) is 48.5 Å². The van der Waals surface area contributed by atoms with Gasteiger partial charge >= 0.3 is 12.1 Å². The van der Waals surface area contributed by atoms with Crippen molar-refractivity contribution in [3.05, 3.63) is 95.1 Å². The summed E-state index contributed by atoms with van der Waals surface area (Å²) in [6.07, 6.45) is -5.28. The van der Waals surface area contributed by atoms with Crippen LogP contribution in [0.15, 0.2) is 72.8 Å². The molecule has 0 radical (unpaired) electrons. The smallest absolute Gasteiger partial charge is 0.416 e.